The molecule has 0 spiro atoms. The van der Waals surface area contributed by atoms with E-state index in [4.69, 9.17) is 9.47 Å². The number of carbonyl (C=O) groups is 1. The predicted octanol–water partition coefficient (Wildman–Crippen LogP) is 1.56. The summed E-state index contributed by atoms with van der Waals surface area (Å²) in [7, 11) is 1.63. The molecule has 0 unspecified atom stereocenters. The molecule has 1 aliphatic heterocycles. The van der Waals surface area contributed by atoms with E-state index < -0.39 is 0 Å². The number of rotatable bonds is 5. The summed E-state index contributed by atoms with van der Waals surface area (Å²) >= 11 is 0. The SMILES string of the molecule is COc1ccccc1CC(=O)CN1CCOCC1.Cl. The lowest BCUT2D eigenvalue weighted by atomic mass is 10.1. The maximum absolute atomic E-state index is 12.0. The molecule has 0 saturated carbocycles. The van der Waals surface area contributed by atoms with Crippen molar-refractivity contribution < 1.29 is 14.3 Å². The van der Waals surface area contributed by atoms with Gasteiger partial charge in [0.25, 0.3) is 0 Å². The Labute approximate surface area is 120 Å². The Morgan fingerprint density at radius 3 is 2.68 bits per heavy atom. The molecule has 5 heteroatoms. The Kier molecular flexibility index (Phi) is 6.84. The Bertz CT molecular complexity index is 405. The normalized spacial score (nSPS) is 15.6. The van der Waals surface area contributed by atoms with Crippen molar-refractivity contribution in [2.75, 3.05) is 40.0 Å². The standard InChI is InChI=1S/C14H19NO3.ClH/c1-17-14-5-3-2-4-12(14)10-13(16)11-15-6-8-18-9-7-15;/h2-5H,6-11H2,1H3;1H. The molecular formula is C14H20ClNO3. The second-order valence-electron chi connectivity index (χ2n) is 4.42. The molecule has 106 valence electrons. The van der Waals surface area contributed by atoms with Crippen LogP contribution in [0.3, 0.4) is 0 Å². The van der Waals surface area contributed by atoms with Gasteiger partial charge in [-0.2, -0.15) is 0 Å². The summed E-state index contributed by atoms with van der Waals surface area (Å²) in [4.78, 5) is 14.2. The fraction of sp³-hybridized carbons (Fsp3) is 0.500. The van der Waals surface area contributed by atoms with Gasteiger partial charge in [0.05, 0.1) is 26.9 Å². The number of benzene rings is 1. The molecule has 1 aliphatic rings. The van der Waals surface area contributed by atoms with E-state index >= 15 is 0 Å². The number of ether oxygens (including phenoxy) is 2. The van der Waals surface area contributed by atoms with Crippen LogP contribution in [0.2, 0.25) is 0 Å². The van der Waals surface area contributed by atoms with Crippen molar-refractivity contribution in [2.45, 2.75) is 6.42 Å². The first-order chi connectivity index (χ1) is 8.79. The fourth-order valence-electron chi connectivity index (χ4n) is 2.13. The van der Waals surface area contributed by atoms with Gasteiger partial charge < -0.3 is 9.47 Å². The highest BCUT2D eigenvalue weighted by Crippen LogP contribution is 2.18. The van der Waals surface area contributed by atoms with Gasteiger partial charge in [-0.15, -0.1) is 12.4 Å². The summed E-state index contributed by atoms with van der Waals surface area (Å²) in [6, 6.07) is 7.67. The first kappa shape index (κ1) is 16.0. The first-order valence-corrected chi connectivity index (χ1v) is 6.23. The summed E-state index contributed by atoms with van der Waals surface area (Å²) in [6.45, 7) is 3.64. The van der Waals surface area contributed by atoms with E-state index in [1.807, 2.05) is 24.3 Å². The van der Waals surface area contributed by atoms with Crippen molar-refractivity contribution in [1.29, 1.82) is 0 Å². The lowest BCUT2D eigenvalue weighted by molar-refractivity contribution is -0.120. The number of carbonyl (C=O) groups excluding carboxylic acids is 1. The smallest absolute Gasteiger partial charge is 0.151 e. The van der Waals surface area contributed by atoms with Crippen LogP contribution in [0.5, 0.6) is 5.75 Å². The number of morpholine rings is 1. The van der Waals surface area contributed by atoms with Crippen LogP contribution >= 0.6 is 12.4 Å². The Morgan fingerprint density at radius 2 is 2.00 bits per heavy atom. The van der Waals surface area contributed by atoms with E-state index in [0.29, 0.717) is 13.0 Å². The van der Waals surface area contributed by atoms with Gasteiger partial charge in [-0.25, -0.2) is 0 Å². The predicted molar refractivity (Wildman–Crippen MR) is 76.2 cm³/mol. The molecule has 0 atom stereocenters. The molecule has 1 aromatic rings. The van der Waals surface area contributed by atoms with Crippen molar-refractivity contribution in [3.05, 3.63) is 29.8 Å². The van der Waals surface area contributed by atoms with Crippen LogP contribution in [-0.2, 0) is 16.0 Å². The van der Waals surface area contributed by atoms with Crippen molar-refractivity contribution >= 4 is 18.2 Å². The van der Waals surface area contributed by atoms with Crippen molar-refractivity contribution in [1.82, 2.24) is 4.90 Å². The maximum Gasteiger partial charge on any atom is 0.151 e. The van der Waals surface area contributed by atoms with Gasteiger partial charge in [0.15, 0.2) is 5.78 Å². The minimum Gasteiger partial charge on any atom is -0.496 e. The fourth-order valence-corrected chi connectivity index (χ4v) is 2.13. The van der Waals surface area contributed by atoms with Gasteiger partial charge in [-0.1, -0.05) is 18.2 Å². The topological polar surface area (TPSA) is 38.8 Å². The molecule has 4 nitrogen and oxygen atoms in total. The minimum atomic E-state index is 0. The van der Waals surface area contributed by atoms with Crippen LogP contribution in [0.15, 0.2) is 24.3 Å². The summed E-state index contributed by atoms with van der Waals surface area (Å²) in [5.41, 5.74) is 0.957. The number of para-hydroxylation sites is 1. The van der Waals surface area contributed by atoms with E-state index in [-0.39, 0.29) is 18.2 Å². The highest BCUT2D eigenvalue weighted by atomic mass is 35.5. The van der Waals surface area contributed by atoms with Crippen molar-refractivity contribution in [2.24, 2.45) is 0 Å². The Balaban J connectivity index is 0.00000180. The number of methoxy groups -OCH3 is 1. The average Bonchev–Trinajstić information content (AvgIpc) is 2.40. The Morgan fingerprint density at radius 1 is 1.32 bits per heavy atom. The number of ketones is 1. The molecule has 0 aliphatic carbocycles. The van der Waals surface area contributed by atoms with Gasteiger partial charge in [0, 0.05) is 25.1 Å². The number of nitrogens with zero attached hydrogens (tertiary/aromatic N) is 1. The van der Waals surface area contributed by atoms with Crippen LogP contribution in [0.1, 0.15) is 5.56 Å². The average molecular weight is 286 g/mol. The van der Waals surface area contributed by atoms with Crippen LogP contribution in [0.4, 0.5) is 0 Å². The van der Waals surface area contributed by atoms with Gasteiger partial charge in [0.1, 0.15) is 5.75 Å². The van der Waals surface area contributed by atoms with Gasteiger partial charge >= 0.3 is 0 Å². The maximum atomic E-state index is 12.0. The first-order valence-electron chi connectivity index (χ1n) is 6.23. The third kappa shape index (κ3) is 4.82. The largest absolute Gasteiger partial charge is 0.496 e. The summed E-state index contributed by atoms with van der Waals surface area (Å²) in [5.74, 6) is 1.01. The third-order valence-electron chi connectivity index (χ3n) is 3.08. The van der Waals surface area contributed by atoms with E-state index in [1.165, 1.54) is 0 Å². The molecule has 0 radical (unpaired) electrons. The second-order valence-corrected chi connectivity index (χ2v) is 4.42. The van der Waals surface area contributed by atoms with Crippen molar-refractivity contribution in [3.8, 4) is 5.75 Å². The molecule has 2 rings (SSSR count). The summed E-state index contributed by atoms with van der Waals surface area (Å²) < 4.78 is 10.5. The van der Waals surface area contributed by atoms with E-state index in [1.54, 1.807) is 7.11 Å². The van der Waals surface area contributed by atoms with Crippen molar-refractivity contribution in [3.63, 3.8) is 0 Å². The van der Waals surface area contributed by atoms with E-state index in [9.17, 15) is 4.79 Å². The highest BCUT2D eigenvalue weighted by Gasteiger charge is 2.15. The number of hydrogen-bond acceptors (Lipinski definition) is 4. The summed E-state index contributed by atoms with van der Waals surface area (Å²) in [5, 5.41) is 0. The molecule has 19 heavy (non-hydrogen) atoms. The second kappa shape index (κ2) is 8.15. The quantitative estimate of drug-likeness (QED) is 0.823. The lowest BCUT2D eigenvalue weighted by Crippen LogP contribution is -2.39. The molecule has 1 heterocycles. The van der Waals surface area contributed by atoms with Crippen LogP contribution < -0.4 is 4.74 Å². The van der Waals surface area contributed by atoms with Crippen LogP contribution in [0, 0.1) is 0 Å². The zero-order valence-electron chi connectivity index (χ0n) is 11.1. The third-order valence-corrected chi connectivity index (χ3v) is 3.08. The van der Waals surface area contributed by atoms with E-state index in [2.05, 4.69) is 4.90 Å². The molecule has 0 bridgehead atoms. The molecule has 1 fully saturated rings. The van der Waals surface area contributed by atoms with Crippen LogP contribution in [-0.4, -0.2) is 50.6 Å². The zero-order chi connectivity index (χ0) is 12.8. The van der Waals surface area contributed by atoms with Gasteiger partial charge in [-0.05, 0) is 6.07 Å². The highest BCUT2D eigenvalue weighted by molar-refractivity contribution is 5.85. The molecule has 1 aromatic carbocycles. The van der Waals surface area contributed by atoms with Crippen LogP contribution in [0.25, 0.3) is 0 Å². The lowest BCUT2D eigenvalue weighted by Gasteiger charge is -2.25. The Hall–Kier alpha value is -1.10. The zero-order valence-corrected chi connectivity index (χ0v) is 11.9. The molecule has 0 amide bonds. The molecule has 0 aromatic heterocycles. The summed E-state index contributed by atoms with van der Waals surface area (Å²) in [6.07, 6.45) is 0.432. The van der Waals surface area contributed by atoms with Gasteiger partial charge in [0.2, 0.25) is 0 Å². The number of halogens is 1. The van der Waals surface area contributed by atoms with Gasteiger partial charge in [-0.3, -0.25) is 9.69 Å². The molecular weight excluding hydrogens is 266 g/mol. The molecule has 1 saturated heterocycles. The van der Waals surface area contributed by atoms with E-state index in [0.717, 1.165) is 37.6 Å². The molecule has 0 N–H and O–H groups in total. The monoisotopic (exact) mass is 285 g/mol. The minimum absolute atomic E-state index is 0. The number of Topliss-reactive ketones (excluding diaryl/α,β-unsaturated/α-hetero) is 1. The number of hydrogen-bond donors (Lipinski definition) is 0.